The molecule has 124 valence electrons. The largest absolute Gasteiger partial charge is 0.497 e. The molecule has 0 aliphatic rings. The van der Waals surface area contributed by atoms with Crippen molar-refractivity contribution in [1.82, 2.24) is 4.31 Å². The highest BCUT2D eigenvalue weighted by atomic mass is 32.2. The monoisotopic (exact) mass is 341 g/mol. The van der Waals surface area contributed by atoms with Gasteiger partial charge in [0.25, 0.3) is 0 Å². The van der Waals surface area contributed by atoms with Crippen LogP contribution in [0.3, 0.4) is 0 Å². The summed E-state index contributed by atoms with van der Waals surface area (Å²) in [4.78, 5) is 0.0482. The minimum atomic E-state index is -3.81. The molecule has 2 rings (SSSR count). The molecule has 0 aliphatic heterocycles. The molecule has 1 unspecified atom stereocenters. The van der Waals surface area contributed by atoms with Crippen molar-refractivity contribution in [3.05, 3.63) is 59.9 Å². The third-order valence-electron chi connectivity index (χ3n) is 3.42. The fourth-order valence-electron chi connectivity index (χ4n) is 2.03. The molecule has 0 bridgehead atoms. The molecule has 4 nitrogen and oxygen atoms in total. The van der Waals surface area contributed by atoms with Crippen LogP contribution in [0.1, 0.15) is 11.7 Å². The average Bonchev–Trinajstić information content (AvgIpc) is 2.55. The number of rotatable bonds is 6. The Kier molecular flexibility index (Phi) is 5.33. The number of hydrogen-bond acceptors (Lipinski definition) is 3. The molecular formula is C16H17F2NO3S. The summed E-state index contributed by atoms with van der Waals surface area (Å²) in [6.07, 6.45) is -1.55. The lowest BCUT2D eigenvalue weighted by atomic mass is 10.1. The van der Waals surface area contributed by atoms with Crippen LogP contribution >= 0.6 is 0 Å². The number of ether oxygens (including phenoxy) is 1. The number of halogens is 2. The van der Waals surface area contributed by atoms with Crippen LogP contribution in [0.2, 0.25) is 0 Å². The summed E-state index contributed by atoms with van der Waals surface area (Å²) < 4.78 is 57.8. The molecule has 0 heterocycles. The minimum absolute atomic E-state index is 0.0482. The first kappa shape index (κ1) is 17.4. The van der Waals surface area contributed by atoms with E-state index in [1.165, 1.54) is 50.6 Å². The van der Waals surface area contributed by atoms with E-state index in [0.717, 1.165) is 16.4 Å². The molecule has 0 N–H and O–H groups in total. The standard InChI is InChI=1S/C16H17F2NO3S/c1-19(11-16(18)12-3-5-13(17)6-4-12)23(20,21)15-9-7-14(22-2)8-10-15/h3-10,16H,11H2,1-2H3. The summed E-state index contributed by atoms with van der Waals surface area (Å²) in [6.45, 7) is -0.361. The lowest BCUT2D eigenvalue weighted by molar-refractivity contribution is 0.285. The maximum atomic E-state index is 14.2. The van der Waals surface area contributed by atoms with Crippen molar-refractivity contribution in [2.45, 2.75) is 11.1 Å². The van der Waals surface area contributed by atoms with Crippen molar-refractivity contribution < 1.29 is 21.9 Å². The van der Waals surface area contributed by atoms with Gasteiger partial charge in [-0.2, -0.15) is 4.31 Å². The summed E-state index contributed by atoms with van der Waals surface area (Å²) >= 11 is 0. The van der Waals surface area contributed by atoms with E-state index in [-0.39, 0.29) is 17.0 Å². The zero-order valence-electron chi connectivity index (χ0n) is 12.7. The van der Waals surface area contributed by atoms with Crippen LogP contribution in [-0.4, -0.2) is 33.4 Å². The molecule has 2 aromatic carbocycles. The van der Waals surface area contributed by atoms with Crippen molar-refractivity contribution in [2.24, 2.45) is 0 Å². The van der Waals surface area contributed by atoms with E-state index < -0.39 is 22.0 Å². The van der Waals surface area contributed by atoms with E-state index in [1.54, 1.807) is 0 Å². The van der Waals surface area contributed by atoms with Gasteiger partial charge in [0.2, 0.25) is 10.0 Å². The van der Waals surface area contributed by atoms with Gasteiger partial charge >= 0.3 is 0 Å². The third-order valence-corrected chi connectivity index (χ3v) is 5.25. The molecule has 0 spiro atoms. The van der Waals surface area contributed by atoms with Gasteiger partial charge in [0, 0.05) is 13.6 Å². The van der Waals surface area contributed by atoms with Crippen LogP contribution in [-0.2, 0) is 10.0 Å². The van der Waals surface area contributed by atoms with Gasteiger partial charge in [-0.25, -0.2) is 17.2 Å². The highest BCUT2D eigenvalue weighted by Gasteiger charge is 2.24. The number of hydrogen-bond donors (Lipinski definition) is 0. The van der Waals surface area contributed by atoms with E-state index in [0.29, 0.717) is 5.75 Å². The highest BCUT2D eigenvalue weighted by molar-refractivity contribution is 7.89. The van der Waals surface area contributed by atoms with Gasteiger partial charge in [0.15, 0.2) is 0 Å². The van der Waals surface area contributed by atoms with Gasteiger partial charge in [-0.1, -0.05) is 12.1 Å². The maximum Gasteiger partial charge on any atom is 0.242 e. The number of likely N-dealkylation sites (N-methyl/N-ethyl adjacent to an activating group) is 1. The lowest BCUT2D eigenvalue weighted by Crippen LogP contribution is -2.30. The first-order valence-electron chi connectivity index (χ1n) is 6.84. The Morgan fingerprint density at radius 3 is 2.17 bits per heavy atom. The predicted octanol–water partition coefficient (Wildman–Crippen LogP) is 3.17. The van der Waals surface area contributed by atoms with Crippen LogP contribution in [0.15, 0.2) is 53.4 Å². The SMILES string of the molecule is COc1ccc(S(=O)(=O)N(C)CC(F)c2ccc(F)cc2)cc1. The quantitative estimate of drug-likeness (QED) is 0.811. The van der Waals surface area contributed by atoms with E-state index >= 15 is 0 Å². The van der Waals surface area contributed by atoms with E-state index in [2.05, 4.69) is 0 Å². The topological polar surface area (TPSA) is 46.6 Å². The first-order chi connectivity index (χ1) is 10.8. The molecule has 0 fully saturated rings. The summed E-state index contributed by atoms with van der Waals surface area (Å²) in [5.41, 5.74) is 0.225. The van der Waals surface area contributed by atoms with Crippen molar-refractivity contribution in [3.8, 4) is 5.75 Å². The average molecular weight is 341 g/mol. The molecule has 1 atom stereocenters. The third kappa shape index (κ3) is 4.05. The summed E-state index contributed by atoms with van der Waals surface area (Å²) in [7, 11) is -1.03. The highest BCUT2D eigenvalue weighted by Crippen LogP contribution is 2.23. The zero-order valence-corrected chi connectivity index (χ0v) is 13.6. The molecule has 0 amide bonds. The van der Waals surface area contributed by atoms with Crippen LogP contribution in [0.25, 0.3) is 0 Å². The Morgan fingerprint density at radius 2 is 1.65 bits per heavy atom. The summed E-state index contributed by atoms with van der Waals surface area (Å²) in [5.74, 6) is 0.0569. The Morgan fingerprint density at radius 1 is 1.09 bits per heavy atom. The van der Waals surface area contributed by atoms with Crippen molar-refractivity contribution in [3.63, 3.8) is 0 Å². The van der Waals surface area contributed by atoms with Gasteiger partial charge < -0.3 is 4.74 Å². The fourth-order valence-corrected chi connectivity index (χ4v) is 3.20. The van der Waals surface area contributed by atoms with Crippen LogP contribution in [0, 0.1) is 5.82 Å². The van der Waals surface area contributed by atoms with E-state index in [4.69, 9.17) is 4.74 Å². The molecule has 23 heavy (non-hydrogen) atoms. The van der Waals surface area contributed by atoms with E-state index in [9.17, 15) is 17.2 Å². The second kappa shape index (κ2) is 7.06. The molecule has 0 saturated heterocycles. The number of nitrogens with zero attached hydrogens (tertiary/aromatic N) is 1. The lowest BCUT2D eigenvalue weighted by Gasteiger charge is -2.19. The second-order valence-electron chi connectivity index (χ2n) is 4.98. The normalized spacial score (nSPS) is 13.1. The number of alkyl halides is 1. The van der Waals surface area contributed by atoms with Gasteiger partial charge in [0.05, 0.1) is 12.0 Å². The van der Waals surface area contributed by atoms with Crippen molar-refractivity contribution in [2.75, 3.05) is 20.7 Å². The van der Waals surface area contributed by atoms with Crippen LogP contribution in [0.4, 0.5) is 8.78 Å². The van der Waals surface area contributed by atoms with Gasteiger partial charge in [-0.15, -0.1) is 0 Å². The van der Waals surface area contributed by atoms with E-state index in [1.807, 2.05) is 0 Å². The summed E-state index contributed by atoms with van der Waals surface area (Å²) in [6, 6.07) is 10.7. The maximum absolute atomic E-state index is 14.2. The van der Waals surface area contributed by atoms with Crippen molar-refractivity contribution in [1.29, 1.82) is 0 Å². The van der Waals surface area contributed by atoms with Crippen molar-refractivity contribution >= 4 is 10.0 Å². The van der Waals surface area contributed by atoms with Crippen LogP contribution < -0.4 is 4.74 Å². The molecule has 0 radical (unpaired) electrons. The minimum Gasteiger partial charge on any atom is -0.497 e. The molecule has 0 aromatic heterocycles. The Bertz CT molecular complexity index is 746. The van der Waals surface area contributed by atoms with Gasteiger partial charge in [-0.05, 0) is 42.0 Å². The number of benzene rings is 2. The Hall–Kier alpha value is -1.99. The zero-order chi connectivity index (χ0) is 17.0. The smallest absolute Gasteiger partial charge is 0.242 e. The number of sulfonamides is 1. The van der Waals surface area contributed by atoms with Gasteiger partial charge in [0.1, 0.15) is 17.7 Å². The molecule has 0 saturated carbocycles. The van der Waals surface area contributed by atoms with Crippen LogP contribution in [0.5, 0.6) is 5.75 Å². The Labute approximate surface area is 134 Å². The fraction of sp³-hybridized carbons (Fsp3) is 0.250. The Balaban J connectivity index is 2.14. The molecule has 7 heteroatoms. The molecule has 0 aliphatic carbocycles. The first-order valence-corrected chi connectivity index (χ1v) is 8.28. The van der Waals surface area contributed by atoms with Gasteiger partial charge in [-0.3, -0.25) is 0 Å². The number of methoxy groups -OCH3 is 1. The predicted molar refractivity (Wildman–Crippen MR) is 83.1 cm³/mol. The molecule has 2 aromatic rings. The summed E-state index contributed by atoms with van der Waals surface area (Å²) in [5, 5.41) is 0. The second-order valence-corrected chi connectivity index (χ2v) is 7.03. The molecular weight excluding hydrogens is 324 g/mol.